The normalized spacial score (nSPS) is 18.5. The zero-order chi connectivity index (χ0) is 16.9. The number of amides is 1. The molecule has 6 nitrogen and oxygen atoms in total. The van der Waals surface area contributed by atoms with E-state index in [0.717, 1.165) is 43.2 Å². The van der Waals surface area contributed by atoms with E-state index in [-0.39, 0.29) is 12.0 Å². The van der Waals surface area contributed by atoms with Gasteiger partial charge in [0, 0.05) is 55.9 Å². The van der Waals surface area contributed by atoms with Gasteiger partial charge in [0.15, 0.2) is 5.13 Å². The molecular formula is C17H22N4O2S. The molecule has 1 N–H and O–H groups in total. The minimum Gasteiger partial charge on any atom is -0.375 e. The minimum absolute atomic E-state index is 0.0899. The highest BCUT2D eigenvalue weighted by Gasteiger charge is 2.22. The summed E-state index contributed by atoms with van der Waals surface area (Å²) >= 11 is 1.52. The minimum atomic E-state index is -0.0899. The van der Waals surface area contributed by atoms with Crippen LogP contribution in [-0.4, -0.2) is 46.6 Å². The summed E-state index contributed by atoms with van der Waals surface area (Å²) in [6.45, 7) is 6.88. The molecule has 1 saturated heterocycles. The van der Waals surface area contributed by atoms with Crippen molar-refractivity contribution in [2.24, 2.45) is 0 Å². The molecule has 7 heteroatoms. The smallest absolute Gasteiger partial charge is 0.223 e. The van der Waals surface area contributed by atoms with E-state index in [1.165, 1.54) is 23.8 Å². The third kappa shape index (κ3) is 4.83. The van der Waals surface area contributed by atoms with Gasteiger partial charge in [-0.05, 0) is 18.6 Å². The molecule has 1 aliphatic heterocycles. The average molecular weight is 346 g/mol. The molecule has 0 unspecified atom stereocenters. The van der Waals surface area contributed by atoms with E-state index < -0.39 is 0 Å². The molecule has 0 bridgehead atoms. The number of morpholine rings is 1. The summed E-state index contributed by atoms with van der Waals surface area (Å²) in [5.74, 6) is -0.0899. The van der Waals surface area contributed by atoms with Gasteiger partial charge in [0.05, 0.1) is 12.7 Å². The molecule has 0 aliphatic carbocycles. The van der Waals surface area contributed by atoms with Crippen LogP contribution >= 0.6 is 11.3 Å². The Bertz CT molecular complexity index is 686. The molecule has 2 aromatic heterocycles. The number of nitrogens with zero attached hydrogens (tertiary/aromatic N) is 3. The first-order chi connectivity index (χ1) is 11.6. The van der Waals surface area contributed by atoms with Gasteiger partial charge in [-0.1, -0.05) is 6.07 Å². The molecule has 24 heavy (non-hydrogen) atoms. The van der Waals surface area contributed by atoms with Crippen molar-refractivity contribution in [2.45, 2.75) is 32.9 Å². The molecule has 128 valence electrons. The molecule has 1 atom stereocenters. The second-order valence-corrected chi connectivity index (χ2v) is 7.19. The maximum Gasteiger partial charge on any atom is 0.223 e. The number of aryl methyl sites for hydroxylation is 1. The Morgan fingerprint density at radius 2 is 2.29 bits per heavy atom. The second kappa shape index (κ2) is 7.83. The predicted octanol–water partition coefficient (Wildman–Crippen LogP) is 2.25. The van der Waals surface area contributed by atoms with Crippen LogP contribution in [0.4, 0.5) is 5.13 Å². The number of hydrogen-bond acceptors (Lipinski definition) is 6. The summed E-state index contributed by atoms with van der Waals surface area (Å²) in [6.07, 6.45) is 4.73. The van der Waals surface area contributed by atoms with E-state index in [9.17, 15) is 4.79 Å². The van der Waals surface area contributed by atoms with Crippen LogP contribution in [0.2, 0.25) is 0 Å². The van der Waals surface area contributed by atoms with Crippen LogP contribution in [0.15, 0.2) is 24.5 Å². The highest BCUT2D eigenvalue weighted by molar-refractivity contribution is 7.15. The molecule has 0 radical (unpaired) electrons. The summed E-state index contributed by atoms with van der Waals surface area (Å²) in [7, 11) is 0. The Morgan fingerprint density at radius 1 is 1.42 bits per heavy atom. The van der Waals surface area contributed by atoms with Crippen LogP contribution in [0.5, 0.6) is 0 Å². The number of ether oxygens (including phenoxy) is 1. The number of nitrogens with one attached hydrogen (secondary N) is 1. The van der Waals surface area contributed by atoms with Crippen molar-refractivity contribution in [1.82, 2.24) is 14.9 Å². The summed E-state index contributed by atoms with van der Waals surface area (Å²) in [5.41, 5.74) is 2.24. The standard InChI is InChI=1S/C17H22N4O2S/c1-12-3-4-14(18-8-12)7-15-10-21(5-6-23-15)11-16-9-19-17(24-16)20-13(2)22/h3-4,8-9,15H,5-7,10-11H2,1-2H3,(H,19,20,22)/t15-/m1/s1. The van der Waals surface area contributed by atoms with Gasteiger partial charge in [-0.25, -0.2) is 4.98 Å². The molecular weight excluding hydrogens is 324 g/mol. The van der Waals surface area contributed by atoms with Crippen molar-refractivity contribution in [3.8, 4) is 0 Å². The lowest BCUT2D eigenvalue weighted by Crippen LogP contribution is -2.42. The zero-order valence-electron chi connectivity index (χ0n) is 14.0. The SMILES string of the molecule is CC(=O)Nc1ncc(CN2CCO[C@H](Cc3ccc(C)cn3)C2)s1. The quantitative estimate of drug-likeness (QED) is 0.899. The van der Waals surface area contributed by atoms with Gasteiger partial charge in [0.2, 0.25) is 5.91 Å². The molecule has 2 aromatic rings. The lowest BCUT2D eigenvalue weighted by Gasteiger charge is -2.32. The van der Waals surface area contributed by atoms with Crippen molar-refractivity contribution >= 4 is 22.4 Å². The van der Waals surface area contributed by atoms with Crippen molar-refractivity contribution in [1.29, 1.82) is 0 Å². The monoisotopic (exact) mass is 346 g/mol. The lowest BCUT2D eigenvalue weighted by molar-refractivity contribution is -0.114. The molecule has 3 heterocycles. The molecule has 1 aliphatic rings. The molecule has 0 saturated carbocycles. The van der Waals surface area contributed by atoms with Crippen LogP contribution in [0.3, 0.4) is 0 Å². The van der Waals surface area contributed by atoms with E-state index in [2.05, 4.69) is 32.3 Å². The third-order valence-corrected chi connectivity index (χ3v) is 4.75. The maximum absolute atomic E-state index is 11.1. The number of thiazole rings is 1. The van der Waals surface area contributed by atoms with Gasteiger partial charge >= 0.3 is 0 Å². The number of rotatable bonds is 5. The van der Waals surface area contributed by atoms with Gasteiger partial charge in [-0.3, -0.25) is 14.7 Å². The predicted molar refractivity (Wildman–Crippen MR) is 94.1 cm³/mol. The van der Waals surface area contributed by atoms with E-state index in [4.69, 9.17) is 4.74 Å². The fourth-order valence-corrected chi connectivity index (χ4v) is 3.61. The average Bonchev–Trinajstić information content (AvgIpc) is 2.96. The molecule has 1 fully saturated rings. The number of anilines is 1. The first kappa shape index (κ1) is 17.0. The Balaban J connectivity index is 1.54. The zero-order valence-corrected chi connectivity index (χ0v) is 14.8. The number of aromatic nitrogens is 2. The fourth-order valence-electron chi connectivity index (χ4n) is 2.71. The van der Waals surface area contributed by atoms with Gasteiger partial charge in [-0.15, -0.1) is 11.3 Å². The van der Waals surface area contributed by atoms with Gasteiger partial charge < -0.3 is 10.1 Å². The molecule has 3 rings (SSSR count). The molecule has 1 amide bonds. The Hall–Kier alpha value is -1.83. The van der Waals surface area contributed by atoms with Crippen LogP contribution in [0.25, 0.3) is 0 Å². The lowest BCUT2D eigenvalue weighted by atomic mass is 10.1. The number of carbonyl (C=O) groups is 1. The van der Waals surface area contributed by atoms with Crippen LogP contribution in [0.1, 0.15) is 23.1 Å². The van der Waals surface area contributed by atoms with Crippen molar-refractivity contribution < 1.29 is 9.53 Å². The Kier molecular flexibility index (Phi) is 5.55. The summed E-state index contributed by atoms with van der Waals surface area (Å²) in [5, 5.41) is 3.38. The first-order valence-electron chi connectivity index (χ1n) is 8.06. The highest BCUT2D eigenvalue weighted by Crippen LogP contribution is 2.21. The van der Waals surface area contributed by atoms with Crippen molar-refractivity contribution in [3.63, 3.8) is 0 Å². The van der Waals surface area contributed by atoms with Crippen molar-refractivity contribution in [3.05, 3.63) is 40.7 Å². The fraction of sp³-hybridized carbons (Fsp3) is 0.471. The van der Waals surface area contributed by atoms with E-state index in [0.29, 0.717) is 5.13 Å². The van der Waals surface area contributed by atoms with Gasteiger partial charge in [0.1, 0.15) is 0 Å². The Morgan fingerprint density at radius 3 is 3.04 bits per heavy atom. The summed E-state index contributed by atoms with van der Waals surface area (Å²) in [4.78, 5) is 23.3. The first-order valence-corrected chi connectivity index (χ1v) is 8.88. The molecule has 0 spiro atoms. The topological polar surface area (TPSA) is 67.4 Å². The van der Waals surface area contributed by atoms with E-state index in [1.807, 2.05) is 19.3 Å². The maximum atomic E-state index is 11.1. The highest BCUT2D eigenvalue weighted by atomic mass is 32.1. The number of carbonyl (C=O) groups excluding carboxylic acids is 1. The van der Waals surface area contributed by atoms with Crippen LogP contribution in [0, 0.1) is 6.92 Å². The van der Waals surface area contributed by atoms with E-state index in [1.54, 1.807) is 0 Å². The second-order valence-electron chi connectivity index (χ2n) is 6.07. The Labute approximate surface area is 145 Å². The van der Waals surface area contributed by atoms with Crippen LogP contribution < -0.4 is 5.32 Å². The van der Waals surface area contributed by atoms with Gasteiger partial charge in [-0.2, -0.15) is 0 Å². The number of pyridine rings is 1. The largest absolute Gasteiger partial charge is 0.375 e. The molecule has 0 aromatic carbocycles. The third-order valence-electron chi connectivity index (χ3n) is 3.85. The van der Waals surface area contributed by atoms with Gasteiger partial charge in [0.25, 0.3) is 0 Å². The summed E-state index contributed by atoms with van der Waals surface area (Å²) in [6, 6.07) is 4.16. The van der Waals surface area contributed by atoms with Crippen molar-refractivity contribution in [2.75, 3.05) is 25.0 Å². The van der Waals surface area contributed by atoms with E-state index >= 15 is 0 Å². The summed E-state index contributed by atoms with van der Waals surface area (Å²) < 4.78 is 5.89. The number of hydrogen-bond donors (Lipinski definition) is 1. The van der Waals surface area contributed by atoms with Crippen LogP contribution in [-0.2, 0) is 22.5 Å².